The lowest BCUT2D eigenvalue weighted by Crippen LogP contribution is -2.16. The van der Waals surface area contributed by atoms with Crippen LogP contribution < -0.4 is 0 Å². The Morgan fingerprint density at radius 2 is 1.30 bits per heavy atom. The van der Waals surface area contributed by atoms with Crippen molar-refractivity contribution in [2.24, 2.45) is 0 Å². The van der Waals surface area contributed by atoms with Gasteiger partial charge in [0.1, 0.15) is 11.9 Å². The molecule has 0 aliphatic heterocycles. The summed E-state index contributed by atoms with van der Waals surface area (Å²) in [6.07, 6.45) is -0.954. The first-order chi connectivity index (χ1) is 12.1. The first-order valence-corrected chi connectivity index (χ1v) is 8.71. The molecule has 0 unspecified atom stereocenters. The zero-order valence-corrected chi connectivity index (χ0v) is 17.6. The number of hydrogen-bond acceptors (Lipinski definition) is 5. The number of carboxylic acid groups (broad SMARTS) is 1. The van der Waals surface area contributed by atoms with Crippen molar-refractivity contribution in [1.29, 1.82) is 0 Å². The predicted octanol–water partition coefficient (Wildman–Crippen LogP) is 2.97. The first-order valence-electron chi connectivity index (χ1n) is 8.71. The highest BCUT2D eigenvalue weighted by molar-refractivity contribution is 5.84. The lowest BCUT2D eigenvalue weighted by Gasteiger charge is -2.26. The molecule has 0 atom stereocenters. The number of aliphatic carboxylic acids is 1. The summed E-state index contributed by atoms with van der Waals surface area (Å²) >= 11 is 0. The molecule has 156 valence electrons. The molecule has 1 rings (SSSR count). The molecule has 1 aromatic carbocycles. The maximum absolute atomic E-state index is 10.3. The fraction of sp³-hybridized carbons (Fsp3) is 0.571. The van der Waals surface area contributed by atoms with Crippen LogP contribution >= 0.6 is 0 Å². The zero-order chi connectivity index (χ0) is 22.0. The third-order valence-electron chi connectivity index (χ3n) is 3.44. The van der Waals surface area contributed by atoms with Crippen molar-refractivity contribution in [1.82, 2.24) is 0 Å². The van der Waals surface area contributed by atoms with Crippen molar-refractivity contribution in [3.63, 3.8) is 0 Å². The van der Waals surface area contributed by atoms with E-state index in [2.05, 4.69) is 48.1 Å². The third kappa shape index (κ3) is 11.4. The summed E-state index contributed by atoms with van der Waals surface area (Å²) in [5, 5.41) is 42.2. The Kier molecular flexibility index (Phi) is 11.9. The number of carboxylic acids is 1. The Bertz CT molecular complexity index is 545. The largest absolute Gasteiger partial charge is 0.507 e. The minimum atomic E-state index is -0.954. The molecule has 0 saturated carbocycles. The molecular formula is C21H36O6. The second kappa shape index (κ2) is 11.7. The minimum Gasteiger partial charge on any atom is -0.507 e. The quantitative estimate of drug-likeness (QED) is 0.511. The van der Waals surface area contributed by atoms with Crippen LogP contribution in [0.2, 0.25) is 0 Å². The predicted molar refractivity (Wildman–Crippen MR) is 108 cm³/mol. The summed E-state index contributed by atoms with van der Waals surface area (Å²) in [4.78, 5) is 9.60. The summed E-state index contributed by atoms with van der Waals surface area (Å²) in [7, 11) is 0. The summed E-state index contributed by atoms with van der Waals surface area (Å²) in [6.45, 7) is 16.6. The van der Waals surface area contributed by atoms with E-state index in [1.807, 2.05) is 18.2 Å². The van der Waals surface area contributed by atoms with Crippen molar-refractivity contribution >= 4 is 5.97 Å². The molecule has 0 heterocycles. The van der Waals surface area contributed by atoms with Gasteiger partial charge >= 0.3 is 5.97 Å². The van der Waals surface area contributed by atoms with Gasteiger partial charge in [-0.15, -0.1) is 0 Å². The Labute approximate surface area is 162 Å². The van der Waals surface area contributed by atoms with Crippen LogP contribution in [-0.4, -0.2) is 50.8 Å². The van der Waals surface area contributed by atoms with Gasteiger partial charge in [-0.2, -0.15) is 0 Å². The fourth-order valence-corrected chi connectivity index (χ4v) is 1.81. The Morgan fingerprint density at radius 1 is 1.00 bits per heavy atom. The van der Waals surface area contributed by atoms with E-state index in [1.165, 1.54) is 6.92 Å². The van der Waals surface area contributed by atoms with Gasteiger partial charge in [-0.25, -0.2) is 4.79 Å². The molecule has 0 amide bonds. The monoisotopic (exact) mass is 384 g/mol. The van der Waals surface area contributed by atoms with Crippen LogP contribution in [0.3, 0.4) is 0 Å². The molecule has 0 aromatic heterocycles. The maximum Gasteiger partial charge on any atom is 0.330 e. The molecule has 0 spiro atoms. The molecule has 27 heavy (non-hydrogen) atoms. The molecule has 0 saturated heterocycles. The van der Waals surface area contributed by atoms with Gasteiger partial charge in [-0.05, 0) is 28.9 Å². The number of aromatic hydroxyl groups is 1. The van der Waals surface area contributed by atoms with Crippen LogP contribution in [0.4, 0.5) is 0 Å². The van der Waals surface area contributed by atoms with E-state index in [-0.39, 0.29) is 29.6 Å². The lowest BCUT2D eigenvalue weighted by molar-refractivity contribution is -0.132. The maximum atomic E-state index is 10.3. The summed E-state index contributed by atoms with van der Waals surface area (Å²) < 4.78 is 0. The number of phenolic OH excluding ortho intramolecular Hbond substituents is 1. The first kappa shape index (κ1) is 27.3. The van der Waals surface area contributed by atoms with Crippen LogP contribution in [0.25, 0.3) is 0 Å². The van der Waals surface area contributed by atoms with Gasteiger partial charge < -0.3 is 25.5 Å². The molecule has 0 bridgehead atoms. The number of benzene rings is 1. The Balaban J connectivity index is 0. The van der Waals surface area contributed by atoms with Crippen LogP contribution in [0.15, 0.2) is 30.4 Å². The average molecular weight is 385 g/mol. The number of phenols is 1. The number of carbonyl (C=O) groups is 1. The zero-order valence-electron chi connectivity index (χ0n) is 17.6. The van der Waals surface area contributed by atoms with E-state index in [0.717, 1.165) is 11.1 Å². The SMILES string of the molecule is C=C(C)C(=O)O.CC(C)(C)c1cccc(C(C)(C)C)c1O.OCC(O)CO. The molecular weight excluding hydrogens is 348 g/mol. The second-order valence-corrected chi connectivity index (χ2v) is 8.31. The van der Waals surface area contributed by atoms with E-state index < -0.39 is 12.1 Å². The van der Waals surface area contributed by atoms with Gasteiger partial charge in [0.15, 0.2) is 0 Å². The second-order valence-electron chi connectivity index (χ2n) is 8.31. The molecule has 0 radical (unpaired) electrons. The van der Waals surface area contributed by atoms with Crippen molar-refractivity contribution in [2.45, 2.75) is 65.4 Å². The molecule has 0 fully saturated rings. The number of hydrogen-bond donors (Lipinski definition) is 5. The normalized spacial score (nSPS) is 11.1. The topological polar surface area (TPSA) is 118 Å². The highest BCUT2D eigenvalue weighted by Crippen LogP contribution is 2.38. The fourth-order valence-electron chi connectivity index (χ4n) is 1.81. The van der Waals surface area contributed by atoms with E-state index in [1.54, 1.807) is 0 Å². The minimum absolute atomic E-state index is 0.00859. The molecule has 6 nitrogen and oxygen atoms in total. The van der Waals surface area contributed by atoms with E-state index in [0.29, 0.717) is 5.75 Å². The molecule has 6 heteroatoms. The van der Waals surface area contributed by atoms with Gasteiger partial charge in [-0.3, -0.25) is 0 Å². The summed E-state index contributed by atoms with van der Waals surface area (Å²) in [5.74, 6) is -0.479. The van der Waals surface area contributed by atoms with Crippen LogP contribution in [-0.2, 0) is 15.6 Å². The molecule has 0 aliphatic rings. The van der Waals surface area contributed by atoms with Gasteiger partial charge in [0.2, 0.25) is 0 Å². The highest BCUT2D eigenvalue weighted by atomic mass is 16.4. The molecule has 1 aromatic rings. The van der Waals surface area contributed by atoms with Crippen molar-refractivity contribution < 1.29 is 30.3 Å². The van der Waals surface area contributed by atoms with Crippen LogP contribution in [0, 0.1) is 0 Å². The highest BCUT2D eigenvalue weighted by Gasteiger charge is 2.24. The van der Waals surface area contributed by atoms with Crippen LogP contribution in [0.5, 0.6) is 5.75 Å². The third-order valence-corrected chi connectivity index (χ3v) is 3.44. The summed E-state index contributed by atoms with van der Waals surface area (Å²) in [5.41, 5.74) is 2.20. The van der Waals surface area contributed by atoms with Gasteiger partial charge in [0.25, 0.3) is 0 Å². The average Bonchev–Trinajstić information content (AvgIpc) is 2.53. The Morgan fingerprint density at radius 3 is 1.44 bits per heavy atom. The lowest BCUT2D eigenvalue weighted by atomic mass is 9.80. The van der Waals surface area contributed by atoms with Crippen molar-refractivity contribution in [3.05, 3.63) is 41.5 Å². The number of rotatable bonds is 3. The van der Waals surface area contributed by atoms with E-state index >= 15 is 0 Å². The number of para-hydroxylation sites is 1. The van der Waals surface area contributed by atoms with Gasteiger partial charge in [0.05, 0.1) is 13.2 Å². The van der Waals surface area contributed by atoms with Crippen LogP contribution in [0.1, 0.15) is 59.6 Å². The van der Waals surface area contributed by atoms with Gasteiger partial charge in [0, 0.05) is 5.57 Å². The Hall–Kier alpha value is -1.89. The van der Waals surface area contributed by atoms with E-state index in [9.17, 15) is 9.90 Å². The number of aliphatic hydroxyl groups is 3. The van der Waals surface area contributed by atoms with Crippen molar-refractivity contribution in [2.75, 3.05) is 13.2 Å². The standard InChI is InChI=1S/C14H22O.C4H6O2.C3H8O3/c1-13(2,3)10-8-7-9-11(12(10)15)14(4,5)6;1-3(2)4(5)6;4-1-3(6)2-5/h7-9,15H,1-6H3;1H2,2H3,(H,5,6);3-6H,1-2H2. The molecule has 0 aliphatic carbocycles. The smallest absolute Gasteiger partial charge is 0.330 e. The van der Waals surface area contributed by atoms with E-state index in [4.69, 9.17) is 20.4 Å². The van der Waals surface area contributed by atoms with Gasteiger partial charge in [-0.1, -0.05) is 66.3 Å². The molecule has 5 N–H and O–H groups in total. The number of aliphatic hydroxyl groups excluding tert-OH is 3. The van der Waals surface area contributed by atoms with Crippen molar-refractivity contribution in [3.8, 4) is 5.75 Å². The summed E-state index contributed by atoms with van der Waals surface area (Å²) in [6, 6.07) is 6.04.